The average Bonchev–Trinajstić information content (AvgIpc) is 3.23. The summed E-state index contributed by atoms with van der Waals surface area (Å²) >= 11 is 0. The lowest BCUT2D eigenvalue weighted by molar-refractivity contribution is -0.132. The summed E-state index contributed by atoms with van der Waals surface area (Å²) in [7, 11) is 0. The van der Waals surface area contributed by atoms with E-state index in [2.05, 4.69) is 9.80 Å². The van der Waals surface area contributed by atoms with Gasteiger partial charge in [0.15, 0.2) is 0 Å². The fraction of sp³-hybridized carbons (Fsp3) is 0.895. The van der Waals surface area contributed by atoms with Gasteiger partial charge in [-0.3, -0.25) is 14.5 Å². The third-order valence-corrected chi connectivity index (χ3v) is 6.33. The van der Waals surface area contributed by atoms with Gasteiger partial charge in [0.05, 0.1) is 0 Å². The van der Waals surface area contributed by atoms with Crippen LogP contribution in [0.1, 0.15) is 58.8 Å². The van der Waals surface area contributed by atoms with E-state index in [0.717, 1.165) is 45.4 Å². The number of carbonyl (C=O) groups excluding carboxylic acids is 2. The van der Waals surface area contributed by atoms with Crippen molar-refractivity contribution in [3.05, 3.63) is 0 Å². The number of carbonyl (C=O) groups is 2. The lowest BCUT2D eigenvalue weighted by Gasteiger charge is -2.38. The van der Waals surface area contributed by atoms with Crippen LogP contribution >= 0.6 is 0 Å². The zero-order valence-corrected chi connectivity index (χ0v) is 15.4. The molecule has 0 N–H and O–H groups in total. The van der Waals surface area contributed by atoms with Gasteiger partial charge in [-0.1, -0.05) is 6.92 Å². The largest absolute Gasteiger partial charge is 0.343 e. The number of rotatable bonds is 4. The van der Waals surface area contributed by atoms with Crippen molar-refractivity contribution >= 4 is 11.8 Å². The molecule has 0 aromatic carbocycles. The summed E-state index contributed by atoms with van der Waals surface area (Å²) in [5.41, 5.74) is 0. The number of likely N-dealkylation sites (tertiary alicyclic amines) is 3. The van der Waals surface area contributed by atoms with Crippen LogP contribution in [0.2, 0.25) is 0 Å². The maximum atomic E-state index is 12.2. The molecule has 0 aliphatic carbocycles. The number of nitrogens with zero attached hydrogens (tertiary/aromatic N) is 3. The molecule has 24 heavy (non-hydrogen) atoms. The van der Waals surface area contributed by atoms with E-state index in [4.69, 9.17) is 0 Å². The summed E-state index contributed by atoms with van der Waals surface area (Å²) in [5, 5.41) is 0. The highest BCUT2D eigenvalue weighted by Gasteiger charge is 2.39. The molecule has 0 unspecified atom stereocenters. The molecule has 3 aliphatic rings. The predicted molar refractivity (Wildman–Crippen MR) is 94.6 cm³/mol. The highest BCUT2D eigenvalue weighted by Crippen LogP contribution is 2.32. The monoisotopic (exact) mass is 335 g/mol. The Kier molecular flexibility index (Phi) is 5.80. The molecule has 3 aliphatic heterocycles. The summed E-state index contributed by atoms with van der Waals surface area (Å²) in [5.74, 6) is 1.25. The molecule has 0 spiro atoms. The fourth-order valence-electron chi connectivity index (χ4n) is 4.98. The lowest BCUT2D eigenvalue weighted by atomic mass is 9.95. The average molecular weight is 335 g/mol. The predicted octanol–water partition coefficient (Wildman–Crippen LogP) is 2.11. The molecule has 0 aromatic heterocycles. The van der Waals surface area contributed by atoms with Crippen LogP contribution in [0.15, 0.2) is 0 Å². The van der Waals surface area contributed by atoms with E-state index < -0.39 is 0 Å². The molecule has 2 atom stereocenters. The second kappa shape index (κ2) is 7.85. The van der Waals surface area contributed by atoms with Crippen LogP contribution in [-0.2, 0) is 9.59 Å². The Bertz CT molecular complexity index is 460. The van der Waals surface area contributed by atoms with Crippen molar-refractivity contribution in [3.63, 3.8) is 0 Å². The van der Waals surface area contributed by atoms with Gasteiger partial charge in [-0.15, -0.1) is 0 Å². The molecule has 5 heteroatoms. The minimum atomic E-state index is 0.215. The van der Waals surface area contributed by atoms with Crippen LogP contribution in [0.5, 0.6) is 0 Å². The van der Waals surface area contributed by atoms with Crippen molar-refractivity contribution in [1.29, 1.82) is 0 Å². The van der Waals surface area contributed by atoms with Crippen molar-refractivity contribution in [2.45, 2.75) is 70.9 Å². The summed E-state index contributed by atoms with van der Waals surface area (Å²) in [6.07, 6.45) is 7.74. The van der Waals surface area contributed by atoms with Crippen LogP contribution in [0.25, 0.3) is 0 Å². The van der Waals surface area contributed by atoms with E-state index >= 15 is 0 Å². The Labute approximate surface area is 146 Å². The van der Waals surface area contributed by atoms with Gasteiger partial charge in [0.1, 0.15) is 0 Å². The molecule has 0 aromatic rings. The highest BCUT2D eigenvalue weighted by atomic mass is 16.2. The van der Waals surface area contributed by atoms with Gasteiger partial charge >= 0.3 is 0 Å². The maximum Gasteiger partial charge on any atom is 0.222 e. The Morgan fingerprint density at radius 2 is 1.58 bits per heavy atom. The van der Waals surface area contributed by atoms with E-state index in [1.54, 1.807) is 6.92 Å². The molecule has 3 rings (SSSR count). The van der Waals surface area contributed by atoms with Gasteiger partial charge in [0.25, 0.3) is 0 Å². The maximum absolute atomic E-state index is 12.2. The Morgan fingerprint density at radius 1 is 0.917 bits per heavy atom. The normalized spacial score (nSPS) is 29.4. The van der Waals surface area contributed by atoms with E-state index in [1.165, 1.54) is 25.8 Å². The van der Waals surface area contributed by atoms with Crippen molar-refractivity contribution in [3.8, 4) is 0 Å². The van der Waals surface area contributed by atoms with Gasteiger partial charge in [-0.05, 0) is 51.0 Å². The number of amides is 2. The Hall–Kier alpha value is -1.10. The molecule has 0 radical (unpaired) electrons. The van der Waals surface area contributed by atoms with Crippen molar-refractivity contribution in [1.82, 2.24) is 14.7 Å². The molecule has 3 fully saturated rings. The number of hydrogen-bond donors (Lipinski definition) is 0. The van der Waals surface area contributed by atoms with Gasteiger partial charge < -0.3 is 9.80 Å². The summed E-state index contributed by atoms with van der Waals surface area (Å²) in [6.45, 7) is 8.79. The molecule has 136 valence electrons. The summed E-state index contributed by atoms with van der Waals surface area (Å²) in [4.78, 5) is 30.5. The number of piperidine rings is 1. The van der Waals surface area contributed by atoms with E-state index in [0.29, 0.717) is 30.3 Å². The van der Waals surface area contributed by atoms with Gasteiger partial charge in [0, 0.05) is 51.6 Å². The molecule has 5 nitrogen and oxygen atoms in total. The summed E-state index contributed by atoms with van der Waals surface area (Å²) in [6, 6.07) is 1.01. The highest BCUT2D eigenvalue weighted by molar-refractivity contribution is 5.76. The fourth-order valence-corrected chi connectivity index (χ4v) is 4.98. The van der Waals surface area contributed by atoms with Gasteiger partial charge in [-0.2, -0.15) is 0 Å². The first-order chi connectivity index (χ1) is 11.6. The first-order valence-corrected chi connectivity index (χ1v) is 9.89. The van der Waals surface area contributed by atoms with Crippen molar-refractivity contribution in [2.75, 3.05) is 32.7 Å². The smallest absolute Gasteiger partial charge is 0.222 e. The van der Waals surface area contributed by atoms with Crippen molar-refractivity contribution in [2.24, 2.45) is 5.92 Å². The van der Waals surface area contributed by atoms with Gasteiger partial charge in [-0.25, -0.2) is 0 Å². The first-order valence-electron chi connectivity index (χ1n) is 9.89. The van der Waals surface area contributed by atoms with Crippen LogP contribution in [-0.4, -0.2) is 71.3 Å². The Morgan fingerprint density at radius 3 is 2.25 bits per heavy atom. The molecular formula is C19H33N3O2. The van der Waals surface area contributed by atoms with E-state index in [-0.39, 0.29) is 5.91 Å². The van der Waals surface area contributed by atoms with Gasteiger partial charge in [0.2, 0.25) is 11.8 Å². The Balaban J connectivity index is 1.56. The van der Waals surface area contributed by atoms with E-state index in [1.807, 2.05) is 11.8 Å². The quantitative estimate of drug-likeness (QED) is 0.790. The minimum Gasteiger partial charge on any atom is -0.343 e. The van der Waals surface area contributed by atoms with Crippen molar-refractivity contribution < 1.29 is 9.59 Å². The second-order valence-electron chi connectivity index (χ2n) is 7.80. The topological polar surface area (TPSA) is 43.9 Å². The minimum absolute atomic E-state index is 0.215. The summed E-state index contributed by atoms with van der Waals surface area (Å²) < 4.78 is 0. The van der Waals surface area contributed by atoms with Crippen LogP contribution < -0.4 is 0 Å². The molecule has 3 saturated heterocycles. The number of hydrogen-bond acceptors (Lipinski definition) is 3. The zero-order chi connectivity index (χ0) is 17.1. The van der Waals surface area contributed by atoms with Crippen LogP contribution in [0.3, 0.4) is 0 Å². The molecule has 3 heterocycles. The van der Waals surface area contributed by atoms with Crippen LogP contribution in [0.4, 0.5) is 0 Å². The van der Waals surface area contributed by atoms with E-state index in [9.17, 15) is 9.59 Å². The standard InChI is InChI=1S/C19H33N3O2/c1-3-19(24)22-11-5-7-18(22)17-6-4-10-21(17)14-16-8-12-20(13-9-16)15(2)23/h16-18H,3-14H2,1-2H3/t17-,18-/m0/s1. The SMILES string of the molecule is CCC(=O)N1CCC[C@H]1[C@@H]1CCCN1CC1CCN(C(C)=O)CC1. The second-order valence-corrected chi connectivity index (χ2v) is 7.80. The first kappa shape index (κ1) is 17.7. The van der Waals surface area contributed by atoms with Crippen LogP contribution in [0, 0.1) is 5.92 Å². The lowest BCUT2D eigenvalue weighted by Crippen LogP contribution is -2.50. The molecule has 0 bridgehead atoms. The molecule has 0 saturated carbocycles. The third-order valence-electron chi connectivity index (χ3n) is 6.33. The molecular weight excluding hydrogens is 302 g/mol. The zero-order valence-electron chi connectivity index (χ0n) is 15.4. The molecule has 2 amide bonds. The third kappa shape index (κ3) is 3.76.